The lowest BCUT2D eigenvalue weighted by Crippen LogP contribution is -2.49. The Hall–Kier alpha value is -0.530. The third kappa shape index (κ3) is 4.73. The standard InChI is InChI=1S/C20H38O2/c1-10-14(3)18(21)22-17-15(19(4,5)6)11-13(2)12-16(17)20(7,8)9/h13-17H,10-12H2,1-9H3. The molecule has 0 heterocycles. The molecular weight excluding hydrogens is 272 g/mol. The zero-order valence-corrected chi connectivity index (χ0v) is 16.3. The predicted octanol–water partition coefficient (Wildman–Crippen LogP) is 5.70. The smallest absolute Gasteiger partial charge is 0.308 e. The highest BCUT2D eigenvalue weighted by Gasteiger charge is 2.48. The van der Waals surface area contributed by atoms with Crippen LogP contribution in [0.15, 0.2) is 0 Å². The molecule has 1 aliphatic carbocycles. The van der Waals surface area contributed by atoms with E-state index in [1.165, 1.54) is 0 Å². The van der Waals surface area contributed by atoms with Crippen molar-refractivity contribution in [2.45, 2.75) is 87.7 Å². The molecule has 0 aromatic heterocycles. The number of hydrogen-bond donors (Lipinski definition) is 0. The highest BCUT2D eigenvalue weighted by molar-refractivity contribution is 5.72. The van der Waals surface area contributed by atoms with Crippen molar-refractivity contribution in [3.05, 3.63) is 0 Å². The van der Waals surface area contributed by atoms with E-state index in [1.54, 1.807) is 0 Å². The molecule has 0 aliphatic heterocycles. The number of carbonyl (C=O) groups excluding carboxylic acids is 1. The summed E-state index contributed by atoms with van der Waals surface area (Å²) in [5.41, 5.74) is 0.331. The van der Waals surface area contributed by atoms with Crippen LogP contribution in [0, 0.1) is 34.5 Å². The summed E-state index contributed by atoms with van der Waals surface area (Å²) in [5, 5.41) is 0. The van der Waals surface area contributed by atoms with Crippen molar-refractivity contribution in [1.82, 2.24) is 0 Å². The predicted molar refractivity (Wildman–Crippen MR) is 93.6 cm³/mol. The lowest BCUT2D eigenvalue weighted by molar-refractivity contribution is -0.173. The van der Waals surface area contributed by atoms with Crippen LogP contribution < -0.4 is 0 Å². The van der Waals surface area contributed by atoms with Gasteiger partial charge in [-0.05, 0) is 36.0 Å². The van der Waals surface area contributed by atoms with Crippen molar-refractivity contribution in [2.75, 3.05) is 0 Å². The van der Waals surface area contributed by atoms with Crippen LogP contribution in [0.1, 0.15) is 81.6 Å². The summed E-state index contributed by atoms with van der Waals surface area (Å²) in [6.07, 6.45) is 3.23. The van der Waals surface area contributed by atoms with E-state index >= 15 is 0 Å². The molecule has 3 atom stereocenters. The fraction of sp³-hybridized carbons (Fsp3) is 0.950. The minimum atomic E-state index is -0.00875. The first-order valence-electron chi connectivity index (χ1n) is 9.08. The Bertz CT molecular complexity index is 348. The van der Waals surface area contributed by atoms with E-state index < -0.39 is 0 Å². The van der Waals surface area contributed by atoms with Crippen LogP contribution >= 0.6 is 0 Å². The summed E-state index contributed by atoms with van der Waals surface area (Å²) in [6.45, 7) is 20.1. The van der Waals surface area contributed by atoms with Gasteiger partial charge < -0.3 is 4.74 Å². The molecule has 1 fully saturated rings. The van der Waals surface area contributed by atoms with Gasteiger partial charge >= 0.3 is 5.97 Å². The topological polar surface area (TPSA) is 26.3 Å². The lowest BCUT2D eigenvalue weighted by atomic mass is 9.59. The van der Waals surface area contributed by atoms with Gasteiger partial charge in [-0.15, -0.1) is 0 Å². The number of ether oxygens (including phenoxy) is 1. The van der Waals surface area contributed by atoms with E-state index in [1.807, 2.05) is 6.92 Å². The molecule has 2 heteroatoms. The summed E-state index contributed by atoms with van der Waals surface area (Å²) in [6, 6.07) is 0. The Balaban J connectivity index is 3.11. The van der Waals surface area contributed by atoms with E-state index in [0.717, 1.165) is 19.3 Å². The Labute approximate surface area is 138 Å². The fourth-order valence-electron chi connectivity index (χ4n) is 3.79. The number of hydrogen-bond acceptors (Lipinski definition) is 2. The molecule has 1 saturated carbocycles. The van der Waals surface area contributed by atoms with Gasteiger partial charge in [0.1, 0.15) is 6.10 Å². The zero-order valence-electron chi connectivity index (χ0n) is 16.3. The average Bonchev–Trinajstić information content (AvgIpc) is 2.36. The Kier molecular flexibility index (Phi) is 6.14. The molecule has 130 valence electrons. The summed E-state index contributed by atoms with van der Waals surface area (Å²) in [7, 11) is 0. The second kappa shape index (κ2) is 6.93. The van der Waals surface area contributed by atoms with Crippen molar-refractivity contribution in [3.8, 4) is 0 Å². The lowest BCUT2D eigenvalue weighted by Gasteiger charge is -2.50. The fourth-order valence-corrected chi connectivity index (χ4v) is 3.79. The molecule has 0 saturated heterocycles. The average molecular weight is 311 g/mol. The van der Waals surface area contributed by atoms with E-state index in [9.17, 15) is 4.79 Å². The number of esters is 1. The van der Waals surface area contributed by atoms with Gasteiger partial charge in [0.25, 0.3) is 0 Å². The zero-order chi connectivity index (χ0) is 17.3. The maximum atomic E-state index is 12.4. The van der Waals surface area contributed by atoms with Gasteiger partial charge in [0.05, 0.1) is 5.92 Å². The molecule has 0 spiro atoms. The van der Waals surface area contributed by atoms with Crippen molar-refractivity contribution in [1.29, 1.82) is 0 Å². The van der Waals surface area contributed by atoms with Gasteiger partial charge in [-0.3, -0.25) is 4.79 Å². The van der Waals surface area contributed by atoms with E-state index in [-0.39, 0.29) is 28.8 Å². The molecule has 1 rings (SSSR count). The minimum absolute atomic E-state index is 0.000543. The SMILES string of the molecule is CCC(C)C(=O)OC1C(C(C)(C)C)CC(C)CC1C(C)(C)C. The molecule has 22 heavy (non-hydrogen) atoms. The number of rotatable bonds is 3. The second-order valence-corrected chi connectivity index (χ2v) is 9.73. The minimum Gasteiger partial charge on any atom is -0.462 e. The van der Waals surface area contributed by atoms with Crippen LogP contribution in [0.4, 0.5) is 0 Å². The summed E-state index contributed by atoms with van der Waals surface area (Å²) < 4.78 is 6.13. The third-order valence-corrected chi connectivity index (χ3v) is 5.60. The molecule has 0 radical (unpaired) electrons. The van der Waals surface area contributed by atoms with Gasteiger partial charge in [0, 0.05) is 11.8 Å². The largest absolute Gasteiger partial charge is 0.462 e. The molecule has 0 aromatic carbocycles. The molecule has 2 nitrogen and oxygen atoms in total. The molecule has 0 bridgehead atoms. The monoisotopic (exact) mass is 310 g/mol. The number of carbonyl (C=O) groups is 1. The first-order chi connectivity index (χ1) is 9.87. The summed E-state index contributed by atoms with van der Waals surface area (Å²) >= 11 is 0. The Morgan fingerprint density at radius 1 is 1.05 bits per heavy atom. The van der Waals surface area contributed by atoms with Crippen molar-refractivity contribution in [3.63, 3.8) is 0 Å². The normalized spacial score (nSPS) is 31.7. The molecule has 3 unspecified atom stereocenters. The third-order valence-electron chi connectivity index (χ3n) is 5.60. The van der Waals surface area contributed by atoms with Crippen LogP contribution in [0.3, 0.4) is 0 Å². The van der Waals surface area contributed by atoms with Gasteiger partial charge in [-0.25, -0.2) is 0 Å². The first-order valence-corrected chi connectivity index (χ1v) is 9.08. The van der Waals surface area contributed by atoms with Crippen LogP contribution in [0.2, 0.25) is 0 Å². The Morgan fingerprint density at radius 3 is 1.77 bits per heavy atom. The van der Waals surface area contributed by atoms with Gasteiger partial charge in [-0.1, -0.05) is 62.3 Å². The maximum Gasteiger partial charge on any atom is 0.308 e. The highest BCUT2D eigenvalue weighted by Crippen LogP contribution is 2.49. The van der Waals surface area contributed by atoms with Crippen LogP contribution in [0.25, 0.3) is 0 Å². The molecular formula is C20H38O2. The van der Waals surface area contributed by atoms with Crippen molar-refractivity contribution < 1.29 is 9.53 Å². The highest BCUT2D eigenvalue weighted by atomic mass is 16.5. The van der Waals surface area contributed by atoms with Gasteiger partial charge in [-0.2, -0.15) is 0 Å². The molecule has 0 N–H and O–H groups in total. The summed E-state index contributed by atoms with van der Waals surface area (Å²) in [5.74, 6) is 1.57. The van der Waals surface area contributed by atoms with E-state index in [4.69, 9.17) is 4.74 Å². The quantitative estimate of drug-likeness (QED) is 0.625. The molecule has 1 aliphatic rings. The summed E-state index contributed by atoms with van der Waals surface area (Å²) in [4.78, 5) is 12.4. The molecule has 0 aromatic rings. The van der Waals surface area contributed by atoms with Crippen LogP contribution in [-0.4, -0.2) is 12.1 Å². The van der Waals surface area contributed by atoms with Crippen LogP contribution in [-0.2, 0) is 9.53 Å². The van der Waals surface area contributed by atoms with E-state index in [2.05, 4.69) is 55.4 Å². The second-order valence-electron chi connectivity index (χ2n) is 9.73. The van der Waals surface area contributed by atoms with Gasteiger partial charge in [0.2, 0.25) is 0 Å². The first kappa shape index (κ1) is 19.5. The van der Waals surface area contributed by atoms with Crippen LogP contribution in [0.5, 0.6) is 0 Å². The van der Waals surface area contributed by atoms with E-state index in [0.29, 0.717) is 17.8 Å². The van der Waals surface area contributed by atoms with Crippen molar-refractivity contribution in [2.24, 2.45) is 34.5 Å². The van der Waals surface area contributed by atoms with Gasteiger partial charge in [0.15, 0.2) is 0 Å². The molecule has 0 amide bonds. The van der Waals surface area contributed by atoms with Crippen molar-refractivity contribution >= 4 is 5.97 Å². The Morgan fingerprint density at radius 2 is 1.45 bits per heavy atom. The maximum absolute atomic E-state index is 12.4.